The summed E-state index contributed by atoms with van der Waals surface area (Å²) in [6.45, 7) is 4.18. The minimum atomic E-state index is -0.563. The third-order valence-electron chi connectivity index (χ3n) is 8.19. The number of halogens is 3. The average Bonchev–Trinajstić information content (AvgIpc) is 3.86. The minimum Gasteiger partial charge on any atom is -0.466 e. The molecule has 0 bridgehead atoms. The highest BCUT2D eigenvalue weighted by molar-refractivity contribution is 7.79. The summed E-state index contributed by atoms with van der Waals surface area (Å²) in [5, 5.41) is 0.542. The summed E-state index contributed by atoms with van der Waals surface area (Å²) in [6, 6.07) is 19.1. The first-order valence-corrected chi connectivity index (χ1v) is 20.7. The molecule has 16 heteroatoms. The second-order valence-electron chi connectivity index (χ2n) is 12.1. The monoisotopic (exact) mass is 852 g/mol. The first kappa shape index (κ1) is 47.3. The van der Waals surface area contributed by atoms with Crippen LogP contribution in [0.1, 0.15) is 78.9 Å². The lowest BCUT2D eigenvalue weighted by Gasteiger charge is -2.07. The number of nitrogens with zero attached hydrogens (tertiary/aromatic N) is 5. The number of hydrogen-bond donors (Lipinski definition) is 3. The maximum Gasteiger partial charge on any atom is 0.341 e. The molecule has 0 saturated heterocycles. The molecule has 0 aliphatic heterocycles. The number of rotatable bonds is 6. The number of benzene rings is 2. The molecule has 1 N–H and O–H groups in total. The highest BCUT2D eigenvalue weighted by atomic mass is 35.5. The van der Waals surface area contributed by atoms with Crippen molar-refractivity contribution in [3.05, 3.63) is 113 Å². The van der Waals surface area contributed by atoms with Gasteiger partial charge in [0.1, 0.15) is 40.2 Å². The predicted molar refractivity (Wildman–Crippen MR) is 232 cm³/mol. The Hall–Kier alpha value is -5.12. The van der Waals surface area contributed by atoms with Crippen LogP contribution in [0.25, 0.3) is 38.7 Å². The Balaban J connectivity index is 0.000000221. The van der Waals surface area contributed by atoms with Gasteiger partial charge >= 0.3 is 11.9 Å². The summed E-state index contributed by atoms with van der Waals surface area (Å²) in [6.07, 6.45) is 15.1. The molecular formula is C42H47ClF2N6O5S2. The number of thiol groups is 2. The molecule has 1 aliphatic carbocycles. The quantitative estimate of drug-likeness (QED) is 0.0645. The van der Waals surface area contributed by atoms with Crippen LogP contribution in [-0.2, 0) is 20.7 Å². The number of H-pyrrole nitrogens is 1. The van der Waals surface area contributed by atoms with Crippen molar-refractivity contribution in [1.29, 1.82) is 0 Å². The fourth-order valence-electron chi connectivity index (χ4n) is 5.76. The number of pyridine rings is 3. The summed E-state index contributed by atoms with van der Waals surface area (Å²) in [4.78, 5) is 53.0. The number of aromatic amines is 1. The maximum atomic E-state index is 13.6. The molecule has 11 nitrogen and oxygen atoms in total. The third kappa shape index (κ3) is 13.5. The number of hydrogen-bond acceptors (Lipinski definition) is 11. The van der Waals surface area contributed by atoms with E-state index in [4.69, 9.17) is 21.1 Å². The van der Waals surface area contributed by atoms with Crippen LogP contribution in [0.3, 0.4) is 0 Å². The molecule has 8 rings (SSSR count). The van der Waals surface area contributed by atoms with Crippen molar-refractivity contribution >= 4 is 93.8 Å². The Morgan fingerprint density at radius 3 is 1.98 bits per heavy atom. The SMILES string of the molecule is C1CCCCC1.CCOC(=O)Cc1nc2ccccc2[nH]1.CCOC(=O)c1cc2cc(F)cnc2n2c1nc1ccccc12.CS.CS.O=Cc1cc(F)cnc1Cl. The van der Waals surface area contributed by atoms with E-state index in [0.29, 0.717) is 41.0 Å². The van der Waals surface area contributed by atoms with E-state index in [1.54, 1.807) is 36.8 Å². The molecular weight excluding hydrogens is 806 g/mol. The van der Waals surface area contributed by atoms with Gasteiger partial charge in [-0.25, -0.2) is 33.5 Å². The molecule has 0 amide bonds. The normalized spacial score (nSPS) is 11.5. The molecule has 0 unspecified atom stereocenters. The fourth-order valence-corrected chi connectivity index (χ4v) is 5.91. The zero-order valence-electron chi connectivity index (χ0n) is 32.8. The number of ether oxygens (including phenoxy) is 2. The van der Waals surface area contributed by atoms with Crippen LogP contribution < -0.4 is 0 Å². The summed E-state index contributed by atoms with van der Waals surface area (Å²) in [5.41, 5.74) is 4.71. The Kier molecular flexibility index (Phi) is 20.6. The third-order valence-corrected chi connectivity index (χ3v) is 8.50. The van der Waals surface area contributed by atoms with E-state index < -0.39 is 17.6 Å². The van der Waals surface area contributed by atoms with Gasteiger partial charge in [-0.1, -0.05) is 74.4 Å². The molecule has 58 heavy (non-hydrogen) atoms. The molecule has 0 radical (unpaired) electrons. The van der Waals surface area contributed by atoms with Crippen molar-refractivity contribution in [3.63, 3.8) is 0 Å². The smallest absolute Gasteiger partial charge is 0.341 e. The number of carbonyl (C=O) groups is 3. The number of aldehydes is 1. The van der Waals surface area contributed by atoms with Crippen molar-refractivity contribution in [2.75, 3.05) is 25.7 Å². The van der Waals surface area contributed by atoms with Crippen LogP contribution >= 0.6 is 36.9 Å². The molecule has 5 aromatic heterocycles. The number of imidazole rings is 2. The Morgan fingerprint density at radius 1 is 0.793 bits per heavy atom. The van der Waals surface area contributed by atoms with E-state index in [-0.39, 0.29) is 29.7 Å². The van der Waals surface area contributed by atoms with Crippen molar-refractivity contribution in [2.24, 2.45) is 0 Å². The number of fused-ring (bicyclic) bond motifs is 6. The molecule has 5 heterocycles. The molecule has 0 spiro atoms. The first-order chi connectivity index (χ1) is 28.2. The van der Waals surface area contributed by atoms with Crippen LogP contribution in [0.2, 0.25) is 5.15 Å². The van der Waals surface area contributed by atoms with Gasteiger partial charge in [-0.2, -0.15) is 25.3 Å². The van der Waals surface area contributed by atoms with Crippen LogP contribution in [0, 0.1) is 11.6 Å². The van der Waals surface area contributed by atoms with E-state index in [0.717, 1.165) is 40.5 Å². The van der Waals surface area contributed by atoms with E-state index in [1.807, 2.05) is 48.5 Å². The second kappa shape index (κ2) is 25.3. The van der Waals surface area contributed by atoms with Gasteiger partial charge in [0.05, 0.1) is 53.2 Å². The molecule has 1 fully saturated rings. The van der Waals surface area contributed by atoms with Gasteiger partial charge in [0, 0.05) is 5.39 Å². The lowest BCUT2D eigenvalue weighted by molar-refractivity contribution is -0.142. The Bertz CT molecular complexity index is 2350. The largest absolute Gasteiger partial charge is 0.466 e. The standard InChI is InChI=1S/C17H12FN3O2.C11H12N2O2.C6H3ClFNO.C6H12.2CH4S/c1-2-23-17(22)12-8-10-7-11(18)9-19-15(10)21-14-6-4-3-5-13(14)20-16(12)21;1-2-15-11(14)7-10-12-8-5-3-4-6-9(8)13-10;7-6-4(3-10)1-5(8)2-9-6;1-2-4-6-5-3-1;2*1-2/h3-9H,2H2,1H3;3-6H,2,7H2,1H3,(H,12,13);1-3H;1-6H2;2*2H,1H3. The summed E-state index contributed by atoms with van der Waals surface area (Å²) in [5.74, 6) is -1.12. The number of para-hydroxylation sites is 4. The number of carbonyl (C=O) groups excluding carboxylic acids is 3. The molecule has 1 aliphatic rings. The number of aromatic nitrogens is 6. The number of esters is 2. The van der Waals surface area contributed by atoms with E-state index in [1.165, 1.54) is 44.6 Å². The topological polar surface area (TPSA) is 141 Å². The summed E-state index contributed by atoms with van der Waals surface area (Å²) in [7, 11) is 0. The van der Waals surface area contributed by atoms with Crippen LogP contribution in [0.5, 0.6) is 0 Å². The van der Waals surface area contributed by atoms with Gasteiger partial charge in [-0.3, -0.25) is 14.0 Å². The molecule has 308 valence electrons. The lowest BCUT2D eigenvalue weighted by atomic mass is 10.0. The van der Waals surface area contributed by atoms with Gasteiger partial charge in [-0.05, 0) is 68.8 Å². The molecule has 1 saturated carbocycles. The van der Waals surface area contributed by atoms with Crippen molar-refractivity contribution < 1.29 is 32.6 Å². The van der Waals surface area contributed by atoms with Gasteiger partial charge in [0.2, 0.25) is 0 Å². The van der Waals surface area contributed by atoms with Crippen molar-refractivity contribution in [3.8, 4) is 0 Å². The predicted octanol–water partition coefficient (Wildman–Crippen LogP) is 10.1. The lowest BCUT2D eigenvalue weighted by Crippen LogP contribution is -2.08. The van der Waals surface area contributed by atoms with Gasteiger partial charge < -0.3 is 14.5 Å². The first-order valence-electron chi connectivity index (χ1n) is 18.5. The van der Waals surface area contributed by atoms with Crippen molar-refractivity contribution in [2.45, 2.75) is 58.8 Å². The van der Waals surface area contributed by atoms with Gasteiger partial charge in [0.15, 0.2) is 11.9 Å². The zero-order valence-corrected chi connectivity index (χ0v) is 35.3. The average molecular weight is 853 g/mol. The molecule has 2 aromatic carbocycles. The van der Waals surface area contributed by atoms with Crippen LogP contribution in [0.15, 0.2) is 79.1 Å². The van der Waals surface area contributed by atoms with Crippen LogP contribution in [0.4, 0.5) is 8.78 Å². The van der Waals surface area contributed by atoms with Gasteiger partial charge in [-0.15, -0.1) is 0 Å². The maximum absolute atomic E-state index is 13.6. The summed E-state index contributed by atoms with van der Waals surface area (Å²) < 4.78 is 37.5. The highest BCUT2D eigenvalue weighted by Gasteiger charge is 2.19. The van der Waals surface area contributed by atoms with Gasteiger partial charge in [0.25, 0.3) is 0 Å². The summed E-state index contributed by atoms with van der Waals surface area (Å²) >= 11 is 12.4. The second-order valence-corrected chi connectivity index (χ2v) is 12.4. The number of nitrogens with one attached hydrogen (secondary N) is 1. The van der Waals surface area contributed by atoms with E-state index >= 15 is 0 Å². The van der Waals surface area contributed by atoms with Crippen molar-refractivity contribution in [1.82, 2.24) is 29.3 Å². The Labute approximate surface area is 351 Å². The highest BCUT2D eigenvalue weighted by Crippen LogP contribution is 2.26. The molecule has 7 aromatic rings. The van der Waals surface area contributed by atoms with Crippen LogP contribution in [-0.4, -0.2) is 73.3 Å². The molecule has 0 atom stereocenters. The zero-order chi connectivity index (χ0) is 42.5. The fraction of sp³-hybridized carbons (Fsp3) is 0.310. The Morgan fingerprint density at radius 2 is 1.38 bits per heavy atom. The minimum absolute atomic E-state index is 0.0244. The van der Waals surface area contributed by atoms with E-state index in [2.05, 4.69) is 50.2 Å². The van der Waals surface area contributed by atoms with E-state index in [9.17, 15) is 23.2 Å².